The van der Waals surface area contributed by atoms with E-state index in [0.717, 1.165) is 32.7 Å². The van der Waals surface area contributed by atoms with Crippen LogP contribution < -0.4 is 5.32 Å². The minimum absolute atomic E-state index is 0.0125. The van der Waals surface area contributed by atoms with Crippen molar-refractivity contribution in [2.45, 2.75) is 35.6 Å². The molecule has 1 amide bonds. The number of rotatable bonds is 11. The maximum absolute atomic E-state index is 13.4. The summed E-state index contributed by atoms with van der Waals surface area (Å²) in [4.78, 5) is 13.1. The smallest absolute Gasteiger partial charge is 0.243 e. The highest BCUT2D eigenvalue weighted by atomic mass is 79.9. The summed E-state index contributed by atoms with van der Waals surface area (Å²) in [5.41, 5.74) is 1.59. The first-order valence-corrected chi connectivity index (χ1v) is 16.5. The number of carbonyl (C=O) groups excluding carboxylic acids is 1. The minimum Gasteiger partial charge on any atom is -0.355 e. The molecule has 0 aromatic heterocycles. The fourth-order valence-electron chi connectivity index (χ4n) is 4.24. The third kappa shape index (κ3) is 7.68. The van der Waals surface area contributed by atoms with E-state index in [1.165, 1.54) is 28.6 Å². The number of nitrogens with one attached hydrogen (secondary N) is 1. The Hall–Kier alpha value is -2.28. The zero-order valence-corrected chi connectivity index (χ0v) is 25.1. The SMILES string of the molecule is O=C(CN(Cc1ccc(Br)cc1)S(=O)(=O)c1ccc(Cl)cc1)NCCc1ccc(S(=O)(=O)N2CCCC2)cc1. The van der Waals surface area contributed by atoms with Gasteiger partial charge in [-0.25, -0.2) is 16.8 Å². The van der Waals surface area contributed by atoms with Gasteiger partial charge in [0.2, 0.25) is 26.0 Å². The van der Waals surface area contributed by atoms with Gasteiger partial charge in [-0.2, -0.15) is 8.61 Å². The molecule has 0 bridgehead atoms. The zero-order valence-electron chi connectivity index (χ0n) is 21.1. The Balaban J connectivity index is 1.39. The molecule has 0 unspecified atom stereocenters. The van der Waals surface area contributed by atoms with Crippen molar-refractivity contribution in [2.75, 3.05) is 26.2 Å². The average molecular weight is 655 g/mol. The topological polar surface area (TPSA) is 104 Å². The van der Waals surface area contributed by atoms with Crippen molar-refractivity contribution in [3.8, 4) is 0 Å². The highest BCUT2D eigenvalue weighted by molar-refractivity contribution is 9.10. The van der Waals surface area contributed by atoms with Crippen LogP contribution in [-0.4, -0.2) is 57.5 Å². The Morgan fingerprint density at radius 2 is 1.41 bits per heavy atom. The number of hydrogen-bond acceptors (Lipinski definition) is 5. The first-order valence-electron chi connectivity index (χ1n) is 12.4. The maximum Gasteiger partial charge on any atom is 0.243 e. The highest BCUT2D eigenvalue weighted by Gasteiger charge is 2.28. The molecule has 3 aromatic rings. The molecule has 0 saturated carbocycles. The summed E-state index contributed by atoms with van der Waals surface area (Å²) < 4.78 is 55.7. The number of sulfonamides is 2. The summed E-state index contributed by atoms with van der Waals surface area (Å²) in [6, 6.07) is 19.7. The minimum atomic E-state index is -3.98. The van der Waals surface area contributed by atoms with Crippen molar-refractivity contribution in [1.82, 2.24) is 13.9 Å². The van der Waals surface area contributed by atoms with Gasteiger partial charge in [0, 0.05) is 35.7 Å². The van der Waals surface area contributed by atoms with Crippen molar-refractivity contribution in [2.24, 2.45) is 0 Å². The quantitative estimate of drug-likeness (QED) is 0.330. The van der Waals surface area contributed by atoms with Gasteiger partial charge >= 0.3 is 0 Å². The molecule has 1 fully saturated rings. The summed E-state index contributed by atoms with van der Waals surface area (Å²) in [6.45, 7) is 1.00. The van der Waals surface area contributed by atoms with E-state index < -0.39 is 26.0 Å². The second-order valence-corrected chi connectivity index (χ2v) is 14.4. The van der Waals surface area contributed by atoms with Crippen LogP contribution in [0.1, 0.15) is 24.0 Å². The fraction of sp³-hybridized carbons (Fsp3) is 0.296. The average Bonchev–Trinajstić information content (AvgIpc) is 3.46. The maximum atomic E-state index is 13.4. The normalized spacial score (nSPS) is 14.5. The standard InChI is InChI=1S/C27H29BrClN3O5S2/c28-23-7-3-22(4-8-23)19-32(39(36,37)26-13-9-24(29)10-14-26)20-27(33)30-16-15-21-5-11-25(12-6-21)38(34,35)31-17-1-2-18-31/h3-14H,1-2,15-20H2,(H,30,33). The largest absolute Gasteiger partial charge is 0.355 e. The number of halogens is 2. The Kier molecular flexibility index (Phi) is 9.84. The molecule has 8 nitrogen and oxygen atoms in total. The van der Waals surface area contributed by atoms with Crippen molar-refractivity contribution >= 4 is 53.5 Å². The molecule has 0 aliphatic carbocycles. The molecule has 1 heterocycles. The molecule has 1 aliphatic heterocycles. The van der Waals surface area contributed by atoms with Crippen LogP contribution in [0, 0.1) is 0 Å². The number of hydrogen-bond donors (Lipinski definition) is 1. The molecule has 208 valence electrons. The first kappa shape index (κ1) is 29.7. The lowest BCUT2D eigenvalue weighted by molar-refractivity contribution is -0.121. The number of nitrogens with zero attached hydrogens (tertiary/aromatic N) is 2. The van der Waals surface area contributed by atoms with Gasteiger partial charge in [0.25, 0.3) is 0 Å². The molecular formula is C27H29BrClN3O5S2. The van der Waals surface area contributed by atoms with Crippen LogP contribution in [0.4, 0.5) is 0 Å². The van der Waals surface area contributed by atoms with Crippen LogP contribution in [0.5, 0.6) is 0 Å². The van der Waals surface area contributed by atoms with Gasteiger partial charge < -0.3 is 5.32 Å². The monoisotopic (exact) mass is 653 g/mol. The van der Waals surface area contributed by atoms with Crippen LogP contribution in [0.25, 0.3) is 0 Å². The van der Waals surface area contributed by atoms with Gasteiger partial charge in [0.1, 0.15) is 0 Å². The third-order valence-electron chi connectivity index (χ3n) is 6.41. The van der Waals surface area contributed by atoms with E-state index >= 15 is 0 Å². The van der Waals surface area contributed by atoms with E-state index in [0.29, 0.717) is 24.5 Å². The van der Waals surface area contributed by atoms with Crippen LogP contribution in [0.2, 0.25) is 5.02 Å². The Bertz CT molecular complexity index is 1490. The predicted molar refractivity (Wildman–Crippen MR) is 154 cm³/mol. The first-order chi connectivity index (χ1) is 18.6. The van der Waals surface area contributed by atoms with E-state index in [2.05, 4.69) is 21.2 Å². The third-order valence-corrected chi connectivity index (χ3v) is 10.9. The van der Waals surface area contributed by atoms with Crippen LogP contribution in [0.15, 0.2) is 87.1 Å². The van der Waals surface area contributed by atoms with Crippen LogP contribution >= 0.6 is 27.5 Å². The van der Waals surface area contributed by atoms with Crippen LogP contribution in [-0.2, 0) is 37.8 Å². The summed E-state index contributed by atoms with van der Waals surface area (Å²) in [5.74, 6) is -0.446. The lowest BCUT2D eigenvalue weighted by atomic mass is 10.1. The molecular weight excluding hydrogens is 626 g/mol. The zero-order chi connectivity index (χ0) is 28.0. The lowest BCUT2D eigenvalue weighted by Crippen LogP contribution is -2.40. The van der Waals surface area contributed by atoms with Gasteiger partial charge in [0.15, 0.2) is 0 Å². The fourth-order valence-corrected chi connectivity index (χ4v) is 7.53. The summed E-state index contributed by atoms with van der Waals surface area (Å²) in [6.07, 6.45) is 2.21. The summed E-state index contributed by atoms with van der Waals surface area (Å²) in [5, 5.41) is 3.19. The van der Waals surface area contributed by atoms with Crippen LogP contribution in [0.3, 0.4) is 0 Å². The molecule has 1 N–H and O–H groups in total. The van der Waals surface area contributed by atoms with E-state index in [9.17, 15) is 21.6 Å². The van der Waals surface area contributed by atoms with E-state index in [-0.39, 0.29) is 29.4 Å². The summed E-state index contributed by atoms with van der Waals surface area (Å²) in [7, 11) is -7.46. The molecule has 0 atom stereocenters. The molecule has 0 radical (unpaired) electrons. The Morgan fingerprint density at radius 3 is 2.03 bits per heavy atom. The van der Waals surface area contributed by atoms with E-state index in [4.69, 9.17) is 11.6 Å². The molecule has 12 heteroatoms. The van der Waals surface area contributed by atoms with E-state index in [1.807, 2.05) is 12.1 Å². The number of carbonyl (C=O) groups is 1. The second kappa shape index (κ2) is 12.9. The molecule has 39 heavy (non-hydrogen) atoms. The molecule has 0 spiro atoms. The molecule has 3 aromatic carbocycles. The molecule has 1 saturated heterocycles. The highest BCUT2D eigenvalue weighted by Crippen LogP contribution is 2.22. The number of amides is 1. The molecule has 4 rings (SSSR count). The summed E-state index contributed by atoms with van der Waals surface area (Å²) >= 11 is 9.30. The van der Waals surface area contributed by atoms with Gasteiger partial charge in [0.05, 0.1) is 16.3 Å². The molecule has 1 aliphatic rings. The number of benzene rings is 3. The van der Waals surface area contributed by atoms with Gasteiger partial charge in [-0.05, 0) is 78.9 Å². The van der Waals surface area contributed by atoms with Crippen molar-refractivity contribution in [1.29, 1.82) is 0 Å². The second-order valence-electron chi connectivity index (χ2n) is 9.21. The van der Waals surface area contributed by atoms with Gasteiger partial charge in [-0.3, -0.25) is 4.79 Å². The Morgan fingerprint density at radius 1 is 0.846 bits per heavy atom. The predicted octanol–water partition coefficient (Wildman–Crippen LogP) is 4.44. The Labute approximate surface area is 243 Å². The van der Waals surface area contributed by atoms with Gasteiger partial charge in [-0.15, -0.1) is 0 Å². The lowest BCUT2D eigenvalue weighted by Gasteiger charge is -2.22. The van der Waals surface area contributed by atoms with Crippen molar-refractivity contribution in [3.63, 3.8) is 0 Å². The van der Waals surface area contributed by atoms with Crippen molar-refractivity contribution in [3.05, 3.63) is 93.4 Å². The van der Waals surface area contributed by atoms with Gasteiger partial charge in [-0.1, -0.05) is 51.8 Å². The van der Waals surface area contributed by atoms with E-state index in [1.54, 1.807) is 36.4 Å². The van der Waals surface area contributed by atoms with Crippen molar-refractivity contribution < 1.29 is 21.6 Å².